The van der Waals surface area contributed by atoms with Crippen LogP contribution in [0.15, 0.2) is 18.3 Å². The van der Waals surface area contributed by atoms with Crippen LogP contribution in [0.5, 0.6) is 0 Å². The van der Waals surface area contributed by atoms with Gasteiger partial charge in [0, 0.05) is 11.7 Å². The summed E-state index contributed by atoms with van der Waals surface area (Å²) in [5.41, 5.74) is 2.75. The molecule has 1 fully saturated rings. The number of aromatic nitrogens is 1. The smallest absolute Gasteiger partial charge is 0.0529 e. The summed E-state index contributed by atoms with van der Waals surface area (Å²) in [6.45, 7) is 9.15. The van der Waals surface area contributed by atoms with Crippen LogP contribution in [-0.2, 0) is 0 Å². The first-order valence-electron chi connectivity index (χ1n) is 6.65. The first-order chi connectivity index (χ1) is 7.96. The van der Waals surface area contributed by atoms with Gasteiger partial charge in [0.25, 0.3) is 0 Å². The van der Waals surface area contributed by atoms with Gasteiger partial charge in [-0.15, -0.1) is 0 Å². The minimum Gasteiger partial charge on any atom is -0.381 e. The summed E-state index contributed by atoms with van der Waals surface area (Å²) in [6, 6.07) is 4.81. The zero-order valence-electron chi connectivity index (χ0n) is 11.5. The largest absolute Gasteiger partial charge is 0.381 e. The second-order valence-electron chi connectivity index (χ2n) is 6.32. The van der Waals surface area contributed by atoms with E-state index in [4.69, 9.17) is 0 Å². The third-order valence-electron chi connectivity index (χ3n) is 3.96. The normalized spacial score (nSPS) is 27.8. The van der Waals surface area contributed by atoms with Crippen LogP contribution in [0.25, 0.3) is 0 Å². The number of pyridine rings is 1. The van der Waals surface area contributed by atoms with Gasteiger partial charge in [-0.1, -0.05) is 20.8 Å². The Morgan fingerprint density at radius 3 is 2.71 bits per heavy atom. The van der Waals surface area contributed by atoms with Gasteiger partial charge in [0.1, 0.15) is 0 Å². The Labute approximate surface area is 105 Å². The van der Waals surface area contributed by atoms with Crippen molar-refractivity contribution in [3.8, 4) is 0 Å². The van der Waals surface area contributed by atoms with Crippen LogP contribution >= 0.6 is 0 Å². The van der Waals surface area contributed by atoms with Crippen molar-refractivity contribution in [3.05, 3.63) is 24.0 Å². The Balaban J connectivity index is 1.98. The van der Waals surface area contributed by atoms with E-state index in [1.807, 2.05) is 13.1 Å². The molecule has 1 aromatic heterocycles. The minimum absolute atomic E-state index is 0.517. The molecular weight excluding hydrogens is 208 g/mol. The van der Waals surface area contributed by atoms with Gasteiger partial charge in [0.15, 0.2) is 0 Å². The highest BCUT2D eigenvalue weighted by Crippen LogP contribution is 2.39. The molecule has 17 heavy (non-hydrogen) atoms. The first kappa shape index (κ1) is 12.4. The molecule has 0 saturated heterocycles. The van der Waals surface area contributed by atoms with Crippen LogP contribution in [0.1, 0.15) is 45.7 Å². The fraction of sp³-hybridized carbons (Fsp3) is 0.667. The van der Waals surface area contributed by atoms with Crippen LogP contribution < -0.4 is 5.32 Å². The van der Waals surface area contributed by atoms with Gasteiger partial charge in [-0.3, -0.25) is 4.98 Å². The summed E-state index contributed by atoms with van der Waals surface area (Å²) < 4.78 is 0. The molecule has 0 amide bonds. The second kappa shape index (κ2) is 4.67. The van der Waals surface area contributed by atoms with Gasteiger partial charge in [-0.05, 0) is 49.7 Å². The summed E-state index contributed by atoms with van der Waals surface area (Å²) in [4.78, 5) is 4.34. The molecule has 0 bridgehead atoms. The van der Waals surface area contributed by atoms with E-state index in [0.29, 0.717) is 11.5 Å². The number of anilines is 1. The molecular formula is C15H24N2. The third-order valence-corrected chi connectivity index (χ3v) is 3.96. The van der Waals surface area contributed by atoms with Gasteiger partial charge in [-0.25, -0.2) is 0 Å². The van der Waals surface area contributed by atoms with Crippen molar-refractivity contribution in [3.63, 3.8) is 0 Å². The van der Waals surface area contributed by atoms with Crippen LogP contribution in [0.2, 0.25) is 0 Å². The highest BCUT2D eigenvalue weighted by atomic mass is 14.9. The van der Waals surface area contributed by atoms with E-state index in [0.717, 1.165) is 17.3 Å². The lowest BCUT2D eigenvalue weighted by molar-refractivity contribution is 0.177. The van der Waals surface area contributed by atoms with E-state index in [1.54, 1.807) is 0 Å². The predicted molar refractivity (Wildman–Crippen MR) is 73.2 cm³/mol. The fourth-order valence-electron chi connectivity index (χ4n) is 2.93. The lowest BCUT2D eigenvalue weighted by Crippen LogP contribution is -2.36. The molecule has 1 N–H and O–H groups in total. The van der Waals surface area contributed by atoms with Gasteiger partial charge < -0.3 is 5.32 Å². The monoisotopic (exact) mass is 232 g/mol. The zero-order valence-corrected chi connectivity index (χ0v) is 11.5. The maximum Gasteiger partial charge on any atom is 0.0529 e. The lowest BCUT2D eigenvalue weighted by Gasteiger charge is -2.39. The maximum absolute atomic E-state index is 4.34. The topological polar surface area (TPSA) is 24.9 Å². The average molecular weight is 232 g/mol. The molecule has 2 heteroatoms. The molecule has 0 aromatic carbocycles. The summed E-state index contributed by atoms with van der Waals surface area (Å²) in [5.74, 6) is 0.736. The van der Waals surface area contributed by atoms with E-state index in [9.17, 15) is 0 Å². The van der Waals surface area contributed by atoms with Crippen LogP contribution in [-0.4, -0.2) is 11.0 Å². The zero-order chi connectivity index (χ0) is 12.5. The Morgan fingerprint density at radius 2 is 2.12 bits per heavy atom. The van der Waals surface area contributed by atoms with Gasteiger partial charge in [-0.2, -0.15) is 0 Å². The van der Waals surface area contributed by atoms with Gasteiger partial charge >= 0.3 is 0 Å². The predicted octanol–water partition coefficient (Wildman–Crippen LogP) is 4.02. The number of aryl methyl sites for hydroxylation is 1. The SMILES string of the molecule is Cc1ccc(NC2CCC(C)(C)CC2C)cn1. The molecule has 1 aliphatic rings. The van der Waals surface area contributed by atoms with Crippen molar-refractivity contribution >= 4 is 5.69 Å². The molecule has 2 unspecified atom stereocenters. The number of nitrogens with zero attached hydrogens (tertiary/aromatic N) is 1. The highest BCUT2D eigenvalue weighted by Gasteiger charge is 2.32. The van der Waals surface area contributed by atoms with Crippen LogP contribution in [0.4, 0.5) is 5.69 Å². The van der Waals surface area contributed by atoms with Crippen molar-refractivity contribution in [2.45, 2.75) is 53.0 Å². The number of rotatable bonds is 2. The van der Waals surface area contributed by atoms with Crippen molar-refractivity contribution in [1.29, 1.82) is 0 Å². The van der Waals surface area contributed by atoms with Crippen LogP contribution in [0.3, 0.4) is 0 Å². The van der Waals surface area contributed by atoms with Crippen molar-refractivity contribution in [2.24, 2.45) is 11.3 Å². The second-order valence-corrected chi connectivity index (χ2v) is 6.32. The molecule has 1 saturated carbocycles. The van der Waals surface area contributed by atoms with E-state index >= 15 is 0 Å². The summed E-state index contributed by atoms with van der Waals surface area (Å²) in [6.07, 6.45) is 5.84. The Bertz CT molecular complexity index is 367. The number of hydrogen-bond donors (Lipinski definition) is 1. The minimum atomic E-state index is 0.517. The lowest BCUT2D eigenvalue weighted by atomic mass is 9.70. The van der Waals surface area contributed by atoms with Gasteiger partial charge in [0.2, 0.25) is 0 Å². The quantitative estimate of drug-likeness (QED) is 0.833. The highest BCUT2D eigenvalue weighted by molar-refractivity contribution is 5.42. The molecule has 2 nitrogen and oxygen atoms in total. The van der Waals surface area contributed by atoms with Crippen LogP contribution in [0, 0.1) is 18.3 Å². The molecule has 1 aliphatic carbocycles. The van der Waals surface area contributed by atoms with Gasteiger partial charge in [0.05, 0.1) is 11.9 Å². The number of hydrogen-bond acceptors (Lipinski definition) is 2. The molecule has 1 heterocycles. The molecule has 0 radical (unpaired) electrons. The number of nitrogens with one attached hydrogen (secondary N) is 1. The standard InChI is InChI=1S/C15H24N2/c1-11-9-15(3,4)8-7-14(11)17-13-6-5-12(2)16-10-13/h5-6,10-11,14,17H,7-9H2,1-4H3. The van der Waals surface area contributed by atoms with Crippen molar-refractivity contribution < 1.29 is 0 Å². The Morgan fingerprint density at radius 1 is 1.35 bits per heavy atom. The Kier molecular flexibility index (Phi) is 3.41. The van der Waals surface area contributed by atoms with E-state index < -0.39 is 0 Å². The van der Waals surface area contributed by atoms with E-state index in [2.05, 4.69) is 43.2 Å². The third kappa shape index (κ3) is 3.21. The summed E-state index contributed by atoms with van der Waals surface area (Å²) >= 11 is 0. The fourth-order valence-corrected chi connectivity index (χ4v) is 2.93. The van der Waals surface area contributed by atoms with Crippen molar-refractivity contribution in [2.75, 3.05) is 5.32 Å². The molecule has 94 valence electrons. The van der Waals surface area contributed by atoms with E-state index in [-0.39, 0.29) is 0 Å². The maximum atomic E-state index is 4.34. The molecule has 2 atom stereocenters. The molecule has 0 spiro atoms. The first-order valence-corrected chi connectivity index (χ1v) is 6.65. The average Bonchev–Trinajstić information content (AvgIpc) is 2.24. The molecule has 0 aliphatic heterocycles. The summed E-state index contributed by atoms with van der Waals surface area (Å²) in [7, 11) is 0. The van der Waals surface area contributed by atoms with Crippen molar-refractivity contribution in [1.82, 2.24) is 4.98 Å². The molecule has 2 rings (SSSR count). The summed E-state index contributed by atoms with van der Waals surface area (Å²) in [5, 5.41) is 3.63. The Hall–Kier alpha value is -1.05. The van der Waals surface area contributed by atoms with E-state index in [1.165, 1.54) is 19.3 Å². The molecule has 1 aromatic rings.